The van der Waals surface area contributed by atoms with Gasteiger partial charge in [-0.15, -0.1) is 0 Å². The SMILES string of the molecule is CC(CCc1ccc(S(N)(=O)=O)cc1)NC(C)c1ccccc1. The van der Waals surface area contributed by atoms with Crippen molar-refractivity contribution in [3.05, 3.63) is 65.7 Å². The molecular weight excluding hydrogens is 308 g/mol. The molecule has 0 saturated carbocycles. The van der Waals surface area contributed by atoms with Crippen molar-refractivity contribution in [1.82, 2.24) is 5.32 Å². The van der Waals surface area contributed by atoms with E-state index in [0.717, 1.165) is 18.4 Å². The van der Waals surface area contributed by atoms with Crippen molar-refractivity contribution in [3.63, 3.8) is 0 Å². The Morgan fingerprint density at radius 1 is 1.00 bits per heavy atom. The minimum absolute atomic E-state index is 0.158. The van der Waals surface area contributed by atoms with E-state index in [1.165, 1.54) is 5.56 Å². The molecule has 0 bridgehead atoms. The van der Waals surface area contributed by atoms with E-state index in [9.17, 15) is 8.42 Å². The predicted molar refractivity (Wildman–Crippen MR) is 93.6 cm³/mol. The lowest BCUT2D eigenvalue weighted by atomic mass is 10.0. The molecular formula is C18H24N2O2S. The highest BCUT2D eigenvalue weighted by Gasteiger charge is 2.10. The van der Waals surface area contributed by atoms with Crippen LogP contribution in [0.15, 0.2) is 59.5 Å². The highest BCUT2D eigenvalue weighted by atomic mass is 32.2. The molecule has 0 aliphatic heterocycles. The molecule has 0 aromatic heterocycles. The second kappa shape index (κ2) is 7.73. The summed E-state index contributed by atoms with van der Waals surface area (Å²) in [6, 6.07) is 17.8. The van der Waals surface area contributed by atoms with Gasteiger partial charge in [-0.25, -0.2) is 13.6 Å². The van der Waals surface area contributed by atoms with E-state index >= 15 is 0 Å². The number of nitrogens with one attached hydrogen (secondary N) is 1. The highest BCUT2D eigenvalue weighted by molar-refractivity contribution is 7.89. The maximum atomic E-state index is 11.2. The van der Waals surface area contributed by atoms with Gasteiger partial charge in [-0.1, -0.05) is 42.5 Å². The molecule has 2 atom stereocenters. The van der Waals surface area contributed by atoms with Crippen LogP contribution in [0.5, 0.6) is 0 Å². The lowest BCUT2D eigenvalue weighted by molar-refractivity contribution is 0.456. The van der Waals surface area contributed by atoms with Crippen LogP contribution >= 0.6 is 0 Å². The van der Waals surface area contributed by atoms with E-state index in [1.54, 1.807) is 12.1 Å². The van der Waals surface area contributed by atoms with Crippen LogP contribution in [0.3, 0.4) is 0 Å². The van der Waals surface area contributed by atoms with Crippen LogP contribution in [-0.2, 0) is 16.4 Å². The number of rotatable bonds is 7. The summed E-state index contributed by atoms with van der Waals surface area (Å²) < 4.78 is 22.5. The monoisotopic (exact) mass is 332 g/mol. The van der Waals surface area contributed by atoms with Gasteiger partial charge in [0.05, 0.1) is 4.90 Å². The molecule has 124 valence electrons. The Kier molecular flexibility index (Phi) is 5.93. The Balaban J connectivity index is 1.86. The summed E-state index contributed by atoms with van der Waals surface area (Å²) in [5, 5.41) is 8.69. The zero-order valence-electron chi connectivity index (χ0n) is 13.6. The third-order valence-corrected chi connectivity index (χ3v) is 4.88. The lowest BCUT2D eigenvalue weighted by Crippen LogP contribution is -2.29. The highest BCUT2D eigenvalue weighted by Crippen LogP contribution is 2.15. The average molecular weight is 332 g/mol. The molecule has 2 rings (SSSR count). The van der Waals surface area contributed by atoms with Crippen molar-refractivity contribution >= 4 is 10.0 Å². The normalized spacial score (nSPS) is 14.4. The number of sulfonamides is 1. The molecule has 23 heavy (non-hydrogen) atoms. The Bertz CT molecular complexity index is 712. The average Bonchev–Trinajstić information content (AvgIpc) is 2.53. The summed E-state index contributed by atoms with van der Waals surface area (Å²) in [6.45, 7) is 4.32. The van der Waals surface area contributed by atoms with Gasteiger partial charge in [0.15, 0.2) is 0 Å². The molecule has 2 unspecified atom stereocenters. The molecule has 0 saturated heterocycles. The topological polar surface area (TPSA) is 72.2 Å². The van der Waals surface area contributed by atoms with E-state index in [2.05, 4.69) is 31.3 Å². The van der Waals surface area contributed by atoms with E-state index in [0.29, 0.717) is 12.1 Å². The summed E-state index contributed by atoms with van der Waals surface area (Å²) in [6.07, 6.45) is 1.87. The summed E-state index contributed by atoms with van der Waals surface area (Å²) in [4.78, 5) is 0.158. The first-order valence-electron chi connectivity index (χ1n) is 7.79. The molecule has 0 aliphatic rings. The van der Waals surface area contributed by atoms with Gasteiger partial charge in [0, 0.05) is 12.1 Å². The van der Waals surface area contributed by atoms with Crippen molar-refractivity contribution in [2.45, 2.75) is 43.7 Å². The third-order valence-electron chi connectivity index (χ3n) is 3.95. The summed E-state index contributed by atoms with van der Waals surface area (Å²) in [5.74, 6) is 0. The summed E-state index contributed by atoms with van der Waals surface area (Å²) in [5.41, 5.74) is 2.38. The first-order chi connectivity index (χ1) is 10.9. The second-order valence-electron chi connectivity index (χ2n) is 5.93. The van der Waals surface area contributed by atoms with E-state index in [1.807, 2.05) is 30.3 Å². The molecule has 0 amide bonds. The van der Waals surface area contributed by atoms with Gasteiger partial charge in [0.1, 0.15) is 0 Å². The number of benzene rings is 2. The summed E-state index contributed by atoms with van der Waals surface area (Å²) in [7, 11) is -3.61. The first-order valence-corrected chi connectivity index (χ1v) is 9.33. The molecule has 0 spiro atoms. The molecule has 0 radical (unpaired) electrons. The quantitative estimate of drug-likeness (QED) is 0.818. The van der Waals surface area contributed by atoms with Gasteiger partial charge in [-0.2, -0.15) is 0 Å². The smallest absolute Gasteiger partial charge is 0.238 e. The second-order valence-corrected chi connectivity index (χ2v) is 7.49. The van der Waals surface area contributed by atoms with Crippen molar-refractivity contribution < 1.29 is 8.42 Å². The number of primary sulfonamides is 1. The fraction of sp³-hybridized carbons (Fsp3) is 0.333. The van der Waals surface area contributed by atoms with Gasteiger partial charge >= 0.3 is 0 Å². The summed E-state index contributed by atoms with van der Waals surface area (Å²) >= 11 is 0. The molecule has 0 heterocycles. The largest absolute Gasteiger partial charge is 0.308 e. The van der Waals surface area contributed by atoms with Crippen molar-refractivity contribution in [1.29, 1.82) is 0 Å². The van der Waals surface area contributed by atoms with Gasteiger partial charge in [-0.3, -0.25) is 0 Å². The number of hydrogen-bond acceptors (Lipinski definition) is 3. The fourth-order valence-electron chi connectivity index (χ4n) is 2.58. The third kappa shape index (κ3) is 5.46. The van der Waals surface area contributed by atoms with Crippen LogP contribution in [-0.4, -0.2) is 14.5 Å². The van der Waals surface area contributed by atoms with Gasteiger partial charge in [-0.05, 0) is 49.9 Å². The molecule has 4 nitrogen and oxygen atoms in total. The van der Waals surface area contributed by atoms with E-state index < -0.39 is 10.0 Å². The first kappa shape index (κ1) is 17.7. The van der Waals surface area contributed by atoms with Crippen LogP contribution in [0.25, 0.3) is 0 Å². The molecule has 2 aromatic carbocycles. The maximum Gasteiger partial charge on any atom is 0.238 e. The number of nitrogens with two attached hydrogens (primary N) is 1. The van der Waals surface area contributed by atoms with Crippen LogP contribution < -0.4 is 10.5 Å². The molecule has 5 heteroatoms. The predicted octanol–water partition coefficient (Wildman–Crippen LogP) is 3.01. The molecule has 0 aliphatic carbocycles. The standard InChI is InChI=1S/C18H24N2O2S/c1-14(20-15(2)17-6-4-3-5-7-17)8-9-16-10-12-18(13-11-16)23(19,21)22/h3-7,10-15,20H,8-9H2,1-2H3,(H2,19,21,22). The number of hydrogen-bond donors (Lipinski definition) is 2. The zero-order valence-corrected chi connectivity index (χ0v) is 14.4. The van der Waals surface area contributed by atoms with Gasteiger partial charge < -0.3 is 5.32 Å². The molecule has 2 aromatic rings. The van der Waals surface area contributed by atoms with Crippen LogP contribution in [0.4, 0.5) is 0 Å². The minimum atomic E-state index is -3.61. The minimum Gasteiger partial charge on any atom is -0.308 e. The van der Waals surface area contributed by atoms with Gasteiger partial charge in [0.25, 0.3) is 0 Å². The zero-order chi connectivity index (χ0) is 16.9. The van der Waals surface area contributed by atoms with E-state index in [4.69, 9.17) is 5.14 Å². The lowest BCUT2D eigenvalue weighted by Gasteiger charge is -2.20. The fourth-order valence-corrected chi connectivity index (χ4v) is 3.09. The molecule has 0 fully saturated rings. The van der Waals surface area contributed by atoms with Crippen LogP contribution in [0.1, 0.15) is 37.4 Å². The van der Waals surface area contributed by atoms with E-state index in [-0.39, 0.29) is 4.90 Å². The maximum absolute atomic E-state index is 11.2. The Morgan fingerprint density at radius 3 is 2.17 bits per heavy atom. The number of aryl methyl sites for hydroxylation is 1. The van der Waals surface area contributed by atoms with Gasteiger partial charge in [0.2, 0.25) is 10.0 Å². The Labute approximate surface area is 138 Å². The van der Waals surface area contributed by atoms with Crippen molar-refractivity contribution in [2.24, 2.45) is 5.14 Å². The molecule has 3 N–H and O–H groups in total. The Morgan fingerprint density at radius 2 is 1.61 bits per heavy atom. The van der Waals surface area contributed by atoms with Crippen LogP contribution in [0, 0.1) is 0 Å². The van der Waals surface area contributed by atoms with Crippen LogP contribution in [0.2, 0.25) is 0 Å². The Hall–Kier alpha value is -1.69. The van der Waals surface area contributed by atoms with Crippen molar-refractivity contribution in [3.8, 4) is 0 Å². The van der Waals surface area contributed by atoms with Crippen molar-refractivity contribution in [2.75, 3.05) is 0 Å².